The fourth-order valence-corrected chi connectivity index (χ4v) is 3.50. The van der Waals surface area contributed by atoms with E-state index in [1.165, 1.54) is 0 Å². The van der Waals surface area contributed by atoms with Crippen molar-refractivity contribution in [2.75, 3.05) is 36.4 Å². The van der Waals surface area contributed by atoms with Crippen molar-refractivity contribution in [3.8, 4) is 0 Å². The van der Waals surface area contributed by atoms with Gasteiger partial charge in [0, 0.05) is 36.1 Å². The van der Waals surface area contributed by atoms with Crippen LogP contribution in [0.15, 0.2) is 48.7 Å². The van der Waals surface area contributed by atoms with Crippen molar-refractivity contribution in [2.24, 2.45) is 0 Å². The van der Waals surface area contributed by atoms with Crippen LogP contribution in [0.3, 0.4) is 0 Å². The van der Waals surface area contributed by atoms with E-state index in [0.717, 1.165) is 71.9 Å². The van der Waals surface area contributed by atoms with Crippen LogP contribution in [0.25, 0.3) is 21.8 Å². The molecule has 0 aliphatic carbocycles. The Hall–Kier alpha value is -3.19. The molecule has 4 aromatic rings. The predicted octanol–water partition coefficient (Wildman–Crippen LogP) is 3.05. The lowest BCUT2D eigenvalue weighted by Gasteiger charge is -2.21. The van der Waals surface area contributed by atoms with Gasteiger partial charge in [-0.05, 0) is 43.3 Å². The third-order valence-corrected chi connectivity index (χ3v) is 4.92. The van der Waals surface area contributed by atoms with E-state index in [9.17, 15) is 0 Å². The van der Waals surface area contributed by atoms with Gasteiger partial charge in [0.25, 0.3) is 0 Å². The highest BCUT2D eigenvalue weighted by molar-refractivity contribution is 5.92. The first-order valence-electron chi connectivity index (χ1n) is 9.29. The Morgan fingerprint density at radius 2 is 1.96 bits per heavy atom. The summed E-state index contributed by atoms with van der Waals surface area (Å²) in [6.07, 6.45) is 2.92. The van der Waals surface area contributed by atoms with Gasteiger partial charge in [-0.1, -0.05) is 12.1 Å². The second kappa shape index (κ2) is 6.85. The van der Waals surface area contributed by atoms with E-state index in [0.29, 0.717) is 0 Å². The Bertz CT molecular complexity index is 1080. The highest BCUT2D eigenvalue weighted by atomic mass is 15.3. The maximum absolute atomic E-state index is 4.88. The number of anilines is 3. The van der Waals surface area contributed by atoms with Crippen molar-refractivity contribution < 1.29 is 0 Å². The van der Waals surface area contributed by atoms with Gasteiger partial charge >= 0.3 is 0 Å². The average molecular weight is 359 g/mol. The molecular weight excluding hydrogens is 338 g/mol. The highest BCUT2D eigenvalue weighted by Gasteiger charge is 2.15. The van der Waals surface area contributed by atoms with E-state index in [1.54, 1.807) is 0 Å². The number of nitrogens with zero attached hydrogens (tertiary/aromatic N) is 4. The molecule has 0 unspecified atom stereocenters. The highest BCUT2D eigenvalue weighted by Crippen LogP contribution is 2.27. The largest absolute Gasteiger partial charge is 0.340 e. The number of hydrogen-bond donors (Lipinski definition) is 3. The SMILES string of the molecule is c1ccc2c(Nc3ccc4[nH]ncc4c3)nc(N3CCCNCC3)nc2c1. The van der Waals surface area contributed by atoms with Crippen LogP contribution in [0, 0.1) is 0 Å². The van der Waals surface area contributed by atoms with Crippen molar-refractivity contribution in [1.82, 2.24) is 25.5 Å². The van der Waals surface area contributed by atoms with Gasteiger partial charge in [-0.25, -0.2) is 4.98 Å². The predicted molar refractivity (Wildman–Crippen MR) is 109 cm³/mol. The molecule has 1 aliphatic rings. The standard InChI is InChI=1S/C20H21N7/c1-2-5-18-16(4-1)19(23-15-6-7-17-14(12-15)13-22-26-17)25-20(24-18)27-10-3-8-21-9-11-27/h1-2,4-7,12-13,21H,3,8-11H2,(H,22,26)(H,23,24,25). The summed E-state index contributed by atoms with van der Waals surface area (Å²) in [7, 11) is 0. The lowest BCUT2D eigenvalue weighted by atomic mass is 10.2. The van der Waals surface area contributed by atoms with Crippen molar-refractivity contribution in [1.29, 1.82) is 0 Å². The molecule has 136 valence electrons. The molecule has 7 heteroatoms. The van der Waals surface area contributed by atoms with Crippen LogP contribution in [-0.4, -0.2) is 46.3 Å². The van der Waals surface area contributed by atoms with Crippen LogP contribution in [-0.2, 0) is 0 Å². The van der Waals surface area contributed by atoms with E-state index >= 15 is 0 Å². The molecule has 1 aliphatic heterocycles. The summed E-state index contributed by atoms with van der Waals surface area (Å²) in [6.45, 7) is 3.88. The normalized spacial score (nSPS) is 15.2. The molecule has 0 bridgehead atoms. The Morgan fingerprint density at radius 3 is 2.96 bits per heavy atom. The maximum Gasteiger partial charge on any atom is 0.227 e. The average Bonchev–Trinajstić information content (AvgIpc) is 2.99. The summed E-state index contributed by atoms with van der Waals surface area (Å²) in [5, 5.41) is 16.1. The van der Waals surface area contributed by atoms with Crippen molar-refractivity contribution in [3.05, 3.63) is 48.7 Å². The number of hydrogen-bond acceptors (Lipinski definition) is 6. The van der Waals surface area contributed by atoms with Gasteiger partial charge in [0.15, 0.2) is 0 Å². The van der Waals surface area contributed by atoms with Crippen molar-refractivity contribution >= 4 is 39.3 Å². The molecule has 3 N–H and O–H groups in total. The van der Waals surface area contributed by atoms with E-state index in [4.69, 9.17) is 9.97 Å². The fourth-order valence-electron chi connectivity index (χ4n) is 3.50. The minimum absolute atomic E-state index is 0.782. The van der Waals surface area contributed by atoms with Gasteiger partial charge in [0.05, 0.1) is 17.2 Å². The lowest BCUT2D eigenvalue weighted by Crippen LogP contribution is -2.29. The molecule has 0 radical (unpaired) electrons. The van der Waals surface area contributed by atoms with Crippen LogP contribution in [0.1, 0.15) is 6.42 Å². The molecule has 0 atom stereocenters. The monoisotopic (exact) mass is 359 g/mol. The zero-order chi connectivity index (χ0) is 18.1. The summed E-state index contributed by atoms with van der Waals surface area (Å²) in [4.78, 5) is 12.0. The molecule has 1 saturated heterocycles. The minimum atomic E-state index is 0.782. The van der Waals surface area contributed by atoms with Crippen LogP contribution in [0.4, 0.5) is 17.5 Å². The summed E-state index contributed by atoms with van der Waals surface area (Å²) in [5.74, 6) is 1.61. The number of aromatic nitrogens is 4. The smallest absolute Gasteiger partial charge is 0.227 e. The number of benzene rings is 2. The van der Waals surface area contributed by atoms with Gasteiger partial charge in [0.1, 0.15) is 5.82 Å². The number of rotatable bonds is 3. The number of nitrogens with one attached hydrogen (secondary N) is 3. The molecule has 0 spiro atoms. The molecule has 27 heavy (non-hydrogen) atoms. The van der Waals surface area contributed by atoms with Crippen molar-refractivity contribution in [3.63, 3.8) is 0 Å². The minimum Gasteiger partial charge on any atom is -0.340 e. The van der Waals surface area contributed by atoms with Gasteiger partial charge in [-0.2, -0.15) is 10.1 Å². The van der Waals surface area contributed by atoms with E-state index in [1.807, 2.05) is 36.5 Å². The van der Waals surface area contributed by atoms with Gasteiger partial charge in [-0.15, -0.1) is 0 Å². The van der Waals surface area contributed by atoms with Crippen molar-refractivity contribution in [2.45, 2.75) is 6.42 Å². The molecular formula is C20H21N7. The second-order valence-electron chi connectivity index (χ2n) is 6.78. The van der Waals surface area contributed by atoms with E-state index < -0.39 is 0 Å². The molecule has 0 saturated carbocycles. The second-order valence-corrected chi connectivity index (χ2v) is 6.78. The topological polar surface area (TPSA) is 81.8 Å². The van der Waals surface area contributed by atoms with Gasteiger partial charge in [-0.3, -0.25) is 5.10 Å². The Kier molecular flexibility index (Phi) is 4.06. The van der Waals surface area contributed by atoms with Crippen LogP contribution in [0.5, 0.6) is 0 Å². The molecule has 2 aromatic heterocycles. The zero-order valence-corrected chi connectivity index (χ0v) is 14.9. The lowest BCUT2D eigenvalue weighted by molar-refractivity contribution is 0.724. The molecule has 0 amide bonds. The van der Waals surface area contributed by atoms with Crippen LogP contribution in [0.2, 0.25) is 0 Å². The Labute approximate surface area is 156 Å². The Morgan fingerprint density at radius 1 is 1.00 bits per heavy atom. The quantitative estimate of drug-likeness (QED) is 0.522. The first kappa shape index (κ1) is 16.0. The van der Waals surface area contributed by atoms with E-state index in [-0.39, 0.29) is 0 Å². The third-order valence-electron chi connectivity index (χ3n) is 4.92. The van der Waals surface area contributed by atoms with Crippen LogP contribution < -0.4 is 15.5 Å². The molecule has 1 fully saturated rings. The summed E-state index contributed by atoms with van der Waals surface area (Å²) in [6, 6.07) is 14.3. The fraction of sp³-hybridized carbons (Fsp3) is 0.250. The summed E-state index contributed by atoms with van der Waals surface area (Å²) >= 11 is 0. The number of para-hydroxylation sites is 1. The van der Waals surface area contributed by atoms with Gasteiger partial charge in [0.2, 0.25) is 5.95 Å². The molecule has 3 heterocycles. The first-order chi connectivity index (χ1) is 13.4. The Balaban J connectivity index is 1.56. The van der Waals surface area contributed by atoms with Crippen LogP contribution >= 0.6 is 0 Å². The first-order valence-corrected chi connectivity index (χ1v) is 9.29. The molecule has 5 rings (SSSR count). The van der Waals surface area contributed by atoms with Gasteiger partial charge < -0.3 is 15.5 Å². The summed E-state index contributed by atoms with van der Waals surface area (Å²) in [5.41, 5.74) is 2.95. The zero-order valence-electron chi connectivity index (χ0n) is 14.9. The number of H-pyrrole nitrogens is 1. The maximum atomic E-state index is 4.88. The number of fused-ring (bicyclic) bond motifs is 2. The summed E-state index contributed by atoms with van der Waals surface area (Å²) < 4.78 is 0. The van der Waals surface area contributed by atoms with E-state index in [2.05, 4.69) is 37.9 Å². The molecule has 2 aromatic carbocycles. The third kappa shape index (κ3) is 3.17. The molecule has 7 nitrogen and oxygen atoms in total. The number of aromatic amines is 1.